The van der Waals surface area contributed by atoms with Gasteiger partial charge in [0, 0.05) is 6.54 Å². The molecule has 1 aromatic heterocycles. The highest BCUT2D eigenvalue weighted by molar-refractivity contribution is 7.73. The van der Waals surface area contributed by atoms with E-state index in [4.69, 9.17) is 22.2 Å². The molecule has 16 heavy (non-hydrogen) atoms. The van der Waals surface area contributed by atoms with Crippen LogP contribution in [0.3, 0.4) is 0 Å². The molecule has 6 heteroatoms. The molecule has 0 aliphatic heterocycles. The first-order valence-corrected chi connectivity index (χ1v) is 6.24. The quantitative estimate of drug-likeness (QED) is 0.461. The summed E-state index contributed by atoms with van der Waals surface area (Å²) in [5, 5.41) is 8.97. The van der Waals surface area contributed by atoms with E-state index in [1.54, 1.807) is 0 Å². The predicted octanol–water partition coefficient (Wildman–Crippen LogP) is 3.26. The molecule has 0 atom stereocenters. The molecule has 0 fully saturated rings. The first-order chi connectivity index (χ1) is 7.74. The molecule has 86 valence electrons. The lowest BCUT2D eigenvalue weighted by atomic mass is 10.4. The average molecular weight is 255 g/mol. The summed E-state index contributed by atoms with van der Waals surface area (Å²) in [6.45, 7) is 5.27. The van der Waals surface area contributed by atoms with E-state index in [0.717, 1.165) is 13.0 Å². The fourth-order valence-corrected chi connectivity index (χ4v) is 2.37. The van der Waals surface area contributed by atoms with Crippen molar-refractivity contribution < 1.29 is 4.74 Å². The molecule has 0 spiro atoms. The van der Waals surface area contributed by atoms with Crippen molar-refractivity contribution in [2.75, 3.05) is 6.61 Å². The first kappa shape index (κ1) is 12.9. The van der Waals surface area contributed by atoms with Gasteiger partial charge in [-0.3, -0.25) is 0 Å². The Labute approximate surface area is 104 Å². The second-order valence-electron chi connectivity index (χ2n) is 2.97. The summed E-state index contributed by atoms with van der Waals surface area (Å²) in [6.07, 6.45) is 2.32. The van der Waals surface area contributed by atoms with Crippen molar-refractivity contribution >= 4 is 35.8 Å². The number of hydrogen-bond donors (Lipinski definition) is 0. The van der Waals surface area contributed by atoms with Gasteiger partial charge in [-0.2, -0.15) is 5.26 Å². The lowest BCUT2D eigenvalue weighted by Crippen LogP contribution is -1.96. The number of thiazole rings is 1. The summed E-state index contributed by atoms with van der Waals surface area (Å²) in [5.74, 6) is 0.604. The van der Waals surface area contributed by atoms with Gasteiger partial charge in [0.15, 0.2) is 21.0 Å². The van der Waals surface area contributed by atoms with Gasteiger partial charge in [-0.1, -0.05) is 18.3 Å². The van der Waals surface area contributed by atoms with E-state index < -0.39 is 0 Å². The summed E-state index contributed by atoms with van der Waals surface area (Å²) >= 11 is 6.47. The molecule has 1 aromatic rings. The van der Waals surface area contributed by atoms with Crippen molar-refractivity contribution in [2.24, 2.45) is 4.99 Å². The molecular weight excluding hydrogens is 242 g/mol. The molecule has 1 heterocycles. The van der Waals surface area contributed by atoms with Crippen LogP contribution in [0.1, 0.15) is 25.1 Å². The van der Waals surface area contributed by atoms with Crippen molar-refractivity contribution in [1.82, 2.24) is 4.57 Å². The molecule has 0 N–H and O–H groups in total. The maximum absolute atomic E-state index is 8.97. The molecular formula is C10H13N3OS2. The first-order valence-electron chi connectivity index (χ1n) is 5.02. The van der Waals surface area contributed by atoms with Crippen LogP contribution in [-0.2, 0) is 11.3 Å². The van der Waals surface area contributed by atoms with Gasteiger partial charge in [-0.25, -0.2) is 4.99 Å². The van der Waals surface area contributed by atoms with Crippen LogP contribution in [0, 0.1) is 15.3 Å². The van der Waals surface area contributed by atoms with Crippen molar-refractivity contribution in [1.29, 1.82) is 5.26 Å². The second kappa shape index (κ2) is 6.40. The summed E-state index contributed by atoms with van der Waals surface area (Å²) in [5.41, 5.74) is 0. The number of aromatic nitrogens is 1. The molecule has 0 radical (unpaired) electrons. The fraction of sp³-hybridized carbons (Fsp3) is 0.500. The van der Waals surface area contributed by atoms with E-state index >= 15 is 0 Å². The Hall–Kier alpha value is -1.19. The van der Waals surface area contributed by atoms with Crippen LogP contribution in [0.5, 0.6) is 0 Å². The maximum atomic E-state index is 8.97. The number of ether oxygens (including phenoxy) is 1. The van der Waals surface area contributed by atoms with E-state index in [9.17, 15) is 0 Å². The minimum atomic E-state index is 0.536. The maximum Gasteiger partial charge on any atom is 0.176 e. The Kier molecular flexibility index (Phi) is 5.15. The molecule has 0 bridgehead atoms. The summed E-state index contributed by atoms with van der Waals surface area (Å²) in [4.78, 5) is 4.68. The van der Waals surface area contributed by atoms with Gasteiger partial charge in [0.05, 0.1) is 6.61 Å². The SMILES string of the molecule is CCCn1c(/N=C/OCC)c(C#N)sc1=S. The third-order valence-electron chi connectivity index (χ3n) is 1.83. The zero-order valence-corrected chi connectivity index (χ0v) is 10.9. The normalized spacial score (nSPS) is 10.6. The van der Waals surface area contributed by atoms with Crippen LogP contribution in [0.25, 0.3) is 0 Å². The number of hydrogen-bond acceptors (Lipinski definition) is 5. The molecule has 0 aromatic carbocycles. The van der Waals surface area contributed by atoms with E-state index in [-0.39, 0.29) is 0 Å². The van der Waals surface area contributed by atoms with Crippen LogP contribution in [-0.4, -0.2) is 17.6 Å². The van der Waals surface area contributed by atoms with Gasteiger partial charge in [-0.05, 0) is 25.6 Å². The van der Waals surface area contributed by atoms with E-state index in [2.05, 4.69) is 18.0 Å². The number of nitrogens with zero attached hydrogens (tertiary/aromatic N) is 3. The zero-order chi connectivity index (χ0) is 12.0. The molecule has 0 unspecified atom stereocenters. The highest BCUT2D eigenvalue weighted by atomic mass is 32.1. The number of aliphatic imine (C=N–C) groups is 1. The van der Waals surface area contributed by atoms with Gasteiger partial charge in [0.2, 0.25) is 0 Å². The highest BCUT2D eigenvalue weighted by Crippen LogP contribution is 2.26. The Morgan fingerprint density at radius 3 is 2.94 bits per heavy atom. The van der Waals surface area contributed by atoms with Crippen LogP contribution < -0.4 is 0 Å². The third kappa shape index (κ3) is 2.90. The summed E-state index contributed by atoms with van der Waals surface area (Å²) in [6, 6.07) is 2.10. The molecule has 0 aliphatic rings. The number of rotatable bonds is 5. The van der Waals surface area contributed by atoms with Gasteiger partial charge >= 0.3 is 0 Å². The Balaban J connectivity index is 3.12. The lowest BCUT2D eigenvalue weighted by molar-refractivity contribution is 0.343. The van der Waals surface area contributed by atoms with Crippen LogP contribution in [0.2, 0.25) is 0 Å². The van der Waals surface area contributed by atoms with Crippen LogP contribution >= 0.6 is 23.6 Å². The third-order valence-corrected chi connectivity index (χ3v) is 3.18. The number of nitriles is 1. The summed E-state index contributed by atoms with van der Waals surface area (Å²) < 4.78 is 7.59. The van der Waals surface area contributed by atoms with Crippen molar-refractivity contribution in [3.63, 3.8) is 0 Å². The smallest absolute Gasteiger partial charge is 0.176 e. The molecule has 4 nitrogen and oxygen atoms in total. The molecule has 1 rings (SSSR count). The van der Waals surface area contributed by atoms with Gasteiger partial charge in [0.25, 0.3) is 0 Å². The van der Waals surface area contributed by atoms with E-state index in [0.29, 0.717) is 21.3 Å². The summed E-state index contributed by atoms with van der Waals surface area (Å²) in [7, 11) is 0. The molecule has 0 aliphatic carbocycles. The van der Waals surface area contributed by atoms with E-state index in [1.165, 1.54) is 17.7 Å². The van der Waals surface area contributed by atoms with Crippen molar-refractivity contribution in [3.05, 3.63) is 8.83 Å². The highest BCUT2D eigenvalue weighted by Gasteiger charge is 2.10. The fourth-order valence-electron chi connectivity index (χ4n) is 1.18. The van der Waals surface area contributed by atoms with Crippen LogP contribution in [0.4, 0.5) is 5.82 Å². The standard InChI is InChI=1S/C10H13N3OS2/c1-3-5-13-9(12-7-14-4-2)8(6-11)16-10(13)15/h7H,3-5H2,1-2H3/b12-7+. The Morgan fingerprint density at radius 2 is 2.38 bits per heavy atom. The Morgan fingerprint density at radius 1 is 1.62 bits per heavy atom. The largest absolute Gasteiger partial charge is 0.483 e. The topological polar surface area (TPSA) is 50.3 Å². The average Bonchev–Trinajstić information content (AvgIpc) is 2.58. The van der Waals surface area contributed by atoms with Crippen molar-refractivity contribution in [2.45, 2.75) is 26.8 Å². The monoisotopic (exact) mass is 255 g/mol. The molecule has 0 amide bonds. The van der Waals surface area contributed by atoms with Gasteiger partial charge in [0.1, 0.15) is 6.07 Å². The molecule has 0 saturated heterocycles. The minimum absolute atomic E-state index is 0.536. The minimum Gasteiger partial charge on any atom is -0.483 e. The van der Waals surface area contributed by atoms with Crippen LogP contribution in [0.15, 0.2) is 4.99 Å². The predicted molar refractivity (Wildman–Crippen MR) is 67.9 cm³/mol. The Bertz CT molecular complexity index is 467. The van der Waals surface area contributed by atoms with Gasteiger partial charge < -0.3 is 9.30 Å². The molecule has 0 saturated carbocycles. The zero-order valence-electron chi connectivity index (χ0n) is 9.27. The van der Waals surface area contributed by atoms with Crippen molar-refractivity contribution in [3.8, 4) is 6.07 Å². The second-order valence-corrected chi connectivity index (χ2v) is 4.62. The lowest BCUT2D eigenvalue weighted by Gasteiger charge is -2.02. The van der Waals surface area contributed by atoms with E-state index in [1.807, 2.05) is 11.5 Å². The van der Waals surface area contributed by atoms with Gasteiger partial charge in [-0.15, -0.1) is 0 Å².